The van der Waals surface area contributed by atoms with Gasteiger partial charge in [0.15, 0.2) is 0 Å². The quantitative estimate of drug-likeness (QED) is 0.895. The Hall–Kier alpha value is -2.25. The Labute approximate surface area is 131 Å². The Morgan fingerprint density at radius 1 is 1.35 bits per heavy atom. The van der Waals surface area contributed by atoms with Gasteiger partial charge in [0, 0.05) is 18.8 Å². The largest absolute Gasteiger partial charge is 0.481 e. The molecule has 8 heteroatoms. The highest BCUT2D eigenvalue weighted by Crippen LogP contribution is 2.37. The number of nitrogens with one attached hydrogen (secondary N) is 1. The molecule has 1 aromatic rings. The topological polar surface area (TPSA) is 69.6 Å². The Bertz CT molecular complexity index is 604. The van der Waals surface area contributed by atoms with Crippen LogP contribution in [0.4, 0.5) is 23.7 Å². The van der Waals surface area contributed by atoms with Crippen LogP contribution < -0.4 is 5.32 Å². The smallest absolute Gasteiger partial charge is 0.394 e. The molecule has 0 bridgehead atoms. The molecular weight excluding hydrogens is 313 g/mol. The van der Waals surface area contributed by atoms with Gasteiger partial charge in [0.05, 0.1) is 11.8 Å². The van der Waals surface area contributed by atoms with Gasteiger partial charge in [-0.1, -0.05) is 19.1 Å². The maximum absolute atomic E-state index is 12.9. The zero-order chi connectivity index (χ0) is 17.2. The third-order valence-corrected chi connectivity index (χ3v) is 3.93. The van der Waals surface area contributed by atoms with Crippen molar-refractivity contribution in [3.8, 4) is 0 Å². The summed E-state index contributed by atoms with van der Waals surface area (Å²) in [7, 11) is 0. The lowest BCUT2D eigenvalue weighted by Crippen LogP contribution is -2.35. The first-order chi connectivity index (χ1) is 10.7. The number of carbonyl (C=O) groups is 2. The van der Waals surface area contributed by atoms with Crippen LogP contribution in [0.1, 0.15) is 12.5 Å². The van der Waals surface area contributed by atoms with Gasteiger partial charge in [0.25, 0.3) is 0 Å². The second-order valence-corrected chi connectivity index (χ2v) is 5.48. The van der Waals surface area contributed by atoms with Crippen LogP contribution in [0, 0.1) is 11.8 Å². The number of hydrogen-bond acceptors (Lipinski definition) is 2. The molecule has 0 aromatic heterocycles. The van der Waals surface area contributed by atoms with E-state index in [2.05, 4.69) is 5.32 Å². The summed E-state index contributed by atoms with van der Waals surface area (Å²) in [5.41, 5.74) is 1.44. The lowest BCUT2D eigenvalue weighted by molar-refractivity contribution is -0.187. The molecule has 1 fully saturated rings. The van der Waals surface area contributed by atoms with E-state index in [-0.39, 0.29) is 0 Å². The summed E-state index contributed by atoms with van der Waals surface area (Å²) in [5.74, 6) is -5.23. The number of aryl methyl sites for hydroxylation is 1. The molecule has 2 atom stereocenters. The van der Waals surface area contributed by atoms with Crippen LogP contribution in [0.3, 0.4) is 0 Å². The summed E-state index contributed by atoms with van der Waals surface area (Å²) in [6.45, 7) is 0.825. The molecule has 0 radical (unpaired) electrons. The third kappa shape index (κ3) is 3.94. The number of nitrogens with zero attached hydrogens (tertiary/aromatic N) is 1. The fourth-order valence-corrected chi connectivity index (χ4v) is 2.62. The fraction of sp³-hybridized carbons (Fsp3) is 0.467. The van der Waals surface area contributed by atoms with Gasteiger partial charge < -0.3 is 15.3 Å². The Balaban J connectivity index is 2.09. The van der Waals surface area contributed by atoms with Gasteiger partial charge in [-0.15, -0.1) is 0 Å². The van der Waals surface area contributed by atoms with Gasteiger partial charge in [-0.05, 0) is 24.1 Å². The number of carboxylic acid groups (broad SMARTS) is 1. The first-order valence-electron chi connectivity index (χ1n) is 7.16. The number of carbonyl (C=O) groups excluding carboxylic acids is 1. The Kier molecular flexibility index (Phi) is 4.82. The van der Waals surface area contributed by atoms with E-state index in [4.69, 9.17) is 5.11 Å². The van der Waals surface area contributed by atoms with Gasteiger partial charge in [0.1, 0.15) is 0 Å². The van der Waals surface area contributed by atoms with Crippen molar-refractivity contribution in [3.63, 3.8) is 0 Å². The lowest BCUT2D eigenvalue weighted by Gasteiger charge is -2.19. The highest BCUT2D eigenvalue weighted by atomic mass is 19.4. The van der Waals surface area contributed by atoms with Crippen LogP contribution >= 0.6 is 0 Å². The molecule has 2 rings (SSSR count). The molecule has 1 aromatic carbocycles. The summed E-state index contributed by atoms with van der Waals surface area (Å²) in [5, 5.41) is 11.5. The minimum atomic E-state index is -4.65. The van der Waals surface area contributed by atoms with Crippen molar-refractivity contribution in [2.24, 2.45) is 11.8 Å². The van der Waals surface area contributed by atoms with Crippen molar-refractivity contribution in [3.05, 3.63) is 29.8 Å². The summed E-state index contributed by atoms with van der Waals surface area (Å²) in [6, 6.07) is 6.23. The highest BCUT2D eigenvalue weighted by Gasteiger charge is 2.53. The molecule has 2 amide bonds. The van der Waals surface area contributed by atoms with E-state index in [0.717, 1.165) is 16.9 Å². The average Bonchev–Trinajstić information content (AvgIpc) is 2.93. The Morgan fingerprint density at radius 2 is 2.04 bits per heavy atom. The van der Waals surface area contributed by atoms with Crippen LogP contribution in [0.15, 0.2) is 24.3 Å². The number of likely N-dealkylation sites (tertiary alicyclic amines) is 1. The minimum absolute atomic E-state index is 0.460. The van der Waals surface area contributed by atoms with Crippen LogP contribution in [0.2, 0.25) is 0 Å². The van der Waals surface area contributed by atoms with Gasteiger partial charge in [0.2, 0.25) is 0 Å². The normalized spacial score (nSPS) is 21.3. The zero-order valence-electron chi connectivity index (χ0n) is 12.4. The number of alkyl halides is 3. The average molecular weight is 330 g/mol. The number of halogens is 3. The second kappa shape index (κ2) is 6.47. The predicted molar refractivity (Wildman–Crippen MR) is 77.1 cm³/mol. The molecule has 1 heterocycles. The van der Waals surface area contributed by atoms with E-state index in [1.54, 1.807) is 18.2 Å². The SMILES string of the molecule is CCc1cccc(NC(=O)N2C[C@@H](C(F)(F)F)[C@H](C(=O)O)C2)c1. The van der Waals surface area contributed by atoms with Gasteiger partial charge in [-0.25, -0.2) is 4.79 Å². The standard InChI is InChI=1S/C15H17F3N2O3/c1-2-9-4-3-5-10(6-9)19-14(23)20-7-11(13(21)22)12(8-20)15(16,17)18/h3-6,11-12H,2,7-8H2,1H3,(H,19,23)(H,21,22)/t11-,12-/m1/s1. The van der Waals surface area contributed by atoms with E-state index >= 15 is 0 Å². The third-order valence-electron chi connectivity index (χ3n) is 3.93. The zero-order valence-corrected chi connectivity index (χ0v) is 12.4. The van der Waals surface area contributed by atoms with Crippen molar-refractivity contribution in [2.45, 2.75) is 19.5 Å². The first kappa shape index (κ1) is 17.1. The van der Waals surface area contributed by atoms with Crippen LogP contribution in [0.5, 0.6) is 0 Å². The van der Waals surface area contributed by atoms with E-state index in [1.807, 2.05) is 13.0 Å². The molecule has 23 heavy (non-hydrogen) atoms. The van der Waals surface area contributed by atoms with Gasteiger partial charge in [-0.3, -0.25) is 4.79 Å². The molecule has 0 unspecified atom stereocenters. The Morgan fingerprint density at radius 3 is 2.57 bits per heavy atom. The predicted octanol–water partition coefficient (Wildman–Crippen LogP) is 2.98. The molecule has 5 nitrogen and oxygen atoms in total. The molecular formula is C15H17F3N2O3. The van der Waals surface area contributed by atoms with Crippen molar-refractivity contribution >= 4 is 17.7 Å². The van der Waals surface area contributed by atoms with Crippen molar-refractivity contribution in [1.29, 1.82) is 0 Å². The van der Waals surface area contributed by atoms with E-state index < -0.39 is 43.1 Å². The summed E-state index contributed by atoms with van der Waals surface area (Å²) < 4.78 is 38.7. The summed E-state index contributed by atoms with van der Waals surface area (Å²) in [6.07, 6.45) is -3.90. The minimum Gasteiger partial charge on any atom is -0.481 e. The number of anilines is 1. The number of rotatable bonds is 3. The van der Waals surface area contributed by atoms with Crippen LogP contribution in [-0.2, 0) is 11.2 Å². The summed E-state index contributed by atoms with van der Waals surface area (Å²) >= 11 is 0. The first-order valence-corrected chi connectivity index (χ1v) is 7.16. The lowest BCUT2D eigenvalue weighted by atomic mass is 9.96. The maximum atomic E-state index is 12.9. The molecule has 0 aliphatic carbocycles. The van der Waals surface area contributed by atoms with E-state index in [9.17, 15) is 22.8 Å². The van der Waals surface area contributed by atoms with Gasteiger partial charge in [-0.2, -0.15) is 13.2 Å². The number of aliphatic carboxylic acids is 1. The molecule has 1 aliphatic rings. The number of benzene rings is 1. The molecule has 0 spiro atoms. The molecule has 1 saturated heterocycles. The van der Waals surface area contributed by atoms with Crippen LogP contribution in [0.25, 0.3) is 0 Å². The van der Waals surface area contributed by atoms with E-state index in [0.29, 0.717) is 5.69 Å². The number of hydrogen-bond donors (Lipinski definition) is 2. The van der Waals surface area contributed by atoms with E-state index in [1.165, 1.54) is 0 Å². The number of carboxylic acids is 1. The van der Waals surface area contributed by atoms with Crippen molar-refractivity contribution < 1.29 is 27.9 Å². The molecule has 1 aliphatic heterocycles. The highest BCUT2D eigenvalue weighted by molar-refractivity contribution is 5.90. The second-order valence-electron chi connectivity index (χ2n) is 5.48. The monoisotopic (exact) mass is 330 g/mol. The van der Waals surface area contributed by atoms with Crippen molar-refractivity contribution in [1.82, 2.24) is 4.90 Å². The molecule has 126 valence electrons. The molecule has 0 saturated carbocycles. The summed E-state index contributed by atoms with van der Waals surface area (Å²) in [4.78, 5) is 24.0. The van der Waals surface area contributed by atoms with Gasteiger partial charge >= 0.3 is 18.2 Å². The van der Waals surface area contributed by atoms with Crippen LogP contribution in [-0.4, -0.2) is 41.3 Å². The number of urea groups is 1. The van der Waals surface area contributed by atoms with Crippen molar-refractivity contribution in [2.75, 3.05) is 18.4 Å². The molecule has 2 N–H and O–H groups in total. The maximum Gasteiger partial charge on any atom is 0.394 e. The fourth-order valence-electron chi connectivity index (χ4n) is 2.62. The number of amides is 2.